The van der Waals surface area contributed by atoms with Crippen molar-refractivity contribution in [2.75, 3.05) is 32.7 Å². The first-order valence-electron chi connectivity index (χ1n) is 10.2. The Morgan fingerprint density at radius 1 is 1.06 bits per heavy atom. The molecule has 1 aromatic carbocycles. The number of hydrogen-bond donors (Lipinski definition) is 2. The van der Waals surface area contributed by atoms with Gasteiger partial charge < -0.3 is 15.2 Å². The van der Waals surface area contributed by atoms with Gasteiger partial charge >= 0.3 is 0 Å². The Morgan fingerprint density at radius 3 is 2.56 bits per heavy atom. The van der Waals surface area contributed by atoms with Crippen molar-refractivity contribution < 1.29 is 18.0 Å². The maximum atomic E-state index is 13.1. The molecule has 3 aromatic rings. The van der Waals surface area contributed by atoms with E-state index in [1.165, 1.54) is 16.6 Å². The zero-order valence-electron chi connectivity index (χ0n) is 17.3. The summed E-state index contributed by atoms with van der Waals surface area (Å²) in [6.45, 7) is 0.743. The van der Waals surface area contributed by atoms with Gasteiger partial charge in [0.1, 0.15) is 10.5 Å². The molecule has 166 valence electrons. The van der Waals surface area contributed by atoms with E-state index in [2.05, 4.69) is 15.3 Å². The van der Waals surface area contributed by atoms with Crippen LogP contribution in [0.15, 0.2) is 65.8 Å². The normalized spacial score (nSPS) is 15.3. The number of hydrogen-bond acceptors (Lipinski definition) is 5. The summed E-state index contributed by atoms with van der Waals surface area (Å²) in [6, 6.07) is 12.8. The van der Waals surface area contributed by atoms with Gasteiger partial charge in [0.15, 0.2) is 0 Å². The smallest absolute Gasteiger partial charge is 0.245 e. The average Bonchev–Trinajstić information content (AvgIpc) is 3.27. The van der Waals surface area contributed by atoms with E-state index in [1.807, 2.05) is 30.3 Å². The molecule has 0 spiro atoms. The van der Waals surface area contributed by atoms with Crippen LogP contribution in [0.4, 0.5) is 0 Å². The van der Waals surface area contributed by atoms with Crippen molar-refractivity contribution in [3.63, 3.8) is 0 Å². The van der Waals surface area contributed by atoms with E-state index >= 15 is 0 Å². The highest BCUT2D eigenvalue weighted by atomic mass is 32.2. The molecule has 10 heteroatoms. The third kappa shape index (κ3) is 4.71. The van der Waals surface area contributed by atoms with Crippen molar-refractivity contribution >= 4 is 38.9 Å². The summed E-state index contributed by atoms with van der Waals surface area (Å²) < 4.78 is 27.5. The summed E-state index contributed by atoms with van der Waals surface area (Å²) in [5.41, 5.74) is 1.40. The van der Waals surface area contributed by atoms with Gasteiger partial charge in [-0.15, -0.1) is 0 Å². The minimum absolute atomic E-state index is 0.140. The van der Waals surface area contributed by atoms with Gasteiger partial charge in [-0.2, -0.15) is 4.31 Å². The van der Waals surface area contributed by atoms with Gasteiger partial charge in [0.25, 0.3) is 0 Å². The number of benzene rings is 1. The number of carbonyl (C=O) groups excluding carboxylic acids is 2. The Balaban J connectivity index is 1.30. The van der Waals surface area contributed by atoms with Gasteiger partial charge in [0.05, 0.1) is 6.54 Å². The number of H-pyrrole nitrogens is 1. The molecule has 0 unspecified atom stereocenters. The number of aromatic nitrogens is 2. The largest absolute Gasteiger partial charge is 0.345 e. The molecule has 0 bridgehead atoms. The van der Waals surface area contributed by atoms with Crippen LogP contribution in [0.2, 0.25) is 0 Å². The average molecular weight is 454 g/mol. The highest BCUT2D eigenvalue weighted by molar-refractivity contribution is 7.89. The van der Waals surface area contributed by atoms with Crippen LogP contribution >= 0.6 is 0 Å². The summed E-state index contributed by atoms with van der Waals surface area (Å²) in [5.74, 6) is -0.615. The third-order valence-corrected chi connectivity index (χ3v) is 7.20. The monoisotopic (exact) mass is 453 g/mol. The lowest BCUT2D eigenvalue weighted by Crippen LogP contribution is -2.52. The molecule has 4 rings (SSSR count). The second-order valence-corrected chi connectivity index (χ2v) is 9.21. The summed E-state index contributed by atoms with van der Waals surface area (Å²) in [5, 5.41) is 3.11. The Kier molecular flexibility index (Phi) is 6.33. The highest BCUT2D eigenvalue weighted by Gasteiger charge is 2.31. The molecule has 0 aliphatic carbocycles. The van der Waals surface area contributed by atoms with E-state index in [-0.39, 0.29) is 49.4 Å². The van der Waals surface area contributed by atoms with Gasteiger partial charge in [0, 0.05) is 50.0 Å². The van der Waals surface area contributed by atoms with Crippen LogP contribution in [-0.4, -0.2) is 72.1 Å². The number of nitrogens with zero attached hydrogens (tertiary/aromatic N) is 3. The number of amides is 2. The molecule has 0 radical (unpaired) electrons. The second kappa shape index (κ2) is 9.33. The number of aromatic amines is 1. The van der Waals surface area contributed by atoms with E-state index in [0.29, 0.717) is 11.0 Å². The molecule has 1 aliphatic heterocycles. The zero-order chi connectivity index (χ0) is 22.6. The highest BCUT2D eigenvalue weighted by Crippen LogP contribution is 2.25. The lowest BCUT2D eigenvalue weighted by molar-refractivity contribution is -0.133. The fourth-order valence-electron chi connectivity index (χ4n) is 3.53. The Labute approximate surface area is 185 Å². The van der Waals surface area contributed by atoms with Crippen molar-refractivity contribution in [3.8, 4) is 0 Å². The quantitative estimate of drug-likeness (QED) is 0.545. The summed E-state index contributed by atoms with van der Waals surface area (Å²) in [4.78, 5) is 33.2. The van der Waals surface area contributed by atoms with Crippen molar-refractivity contribution in [1.82, 2.24) is 24.5 Å². The van der Waals surface area contributed by atoms with Crippen molar-refractivity contribution in [2.24, 2.45) is 0 Å². The molecule has 32 heavy (non-hydrogen) atoms. The molecule has 1 fully saturated rings. The van der Waals surface area contributed by atoms with E-state index in [9.17, 15) is 18.0 Å². The number of sulfonamides is 1. The minimum Gasteiger partial charge on any atom is -0.345 e. The molecule has 1 saturated heterocycles. The molecule has 1 aliphatic rings. The molecule has 2 aromatic heterocycles. The Morgan fingerprint density at radius 2 is 1.81 bits per heavy atom. The number of pyridine rings is 1. The Hall–Kier alpha value is -3.50. The first-order chi connectivity index (χ1) is 15.4. The van der Waals surface area contributed by atoms with E-state index < -0.39 is 10.0 Å². The maximum absolute atomic E-state index is 13.1. The molecule has 0 saturated carbocycles. The zero-order valence-corrected chi connectivity index (χ0v) is 18.1. The van der Waals surface area contributed by atoms with Crippen LogP contribution < -0.4 is 5.32 Å². The maximum Gasteiger partial charge on any atom is 0.245 e. The van der Waals surface area contributed by atoms with E-state index in [1.54, 1.807) is 29.3 Å². The predicted octanol–water partition coefficient (Wildman–Crippen LogP) is 1.23. The standard InChI is InChI=1S/C22H23N5O4S/c28-20(9-8-17-5-2-1-3-6-17)24-16-21(29)26-11-13-27(14-12-26)32(30,31)19-15-25-22-18(19)7-4-10-23-22/h1-10,15H,11-14,16H2,(H,23,25)(H,24,28)/b9-8+. The van der Waals surface area contributed by atoms with Crippen LogP contribution in [0.1, 0.15) is 5.56 Å². The summed E-state index contributed by atoms with van der Waals surface area (Å²) >= 11 is 0. The number of carbonyl (C=O) groups is 2. The fourth-order valence-corrected chi connectivity index (χ4v) is 5.10. The number of fused-ring (bicyclic) bond motifs is 1. The predicted molar refractivity (Wildman–Crippen MR) is 120 cm³/mol. The molecule has 2 N–H and O–H groups in total. The first kappa shape index (κ1) is 21.7. The van der Waals surface area contributed by atoms with Crippen LogP contribution in [-0.2, 0) is 19.6 Å². The third-order valence-electron chi connectivity index (χ3n) is 5.26. The van der Waals surface area contributed by atoms with Crippen molar-refractivity contribution in [1.29, 1.82) is 0 Å². The molecule has 0 atom stereocenters. The number of piperazine rings is 1. The fraction of sp³-hybridized carbons (Fsp3) is 0.227. The van der Waals surface area contributed by atoms with E-state index in [0.717, 1.165) is 5.56 Å². The lowest BCUT2D eigenvalue weighted by Gasteiger charge is -2.33. The van der Waals surface area contributed by atoms with Gasteiger partial charge in [-0.1, -0.05) is 30.3 Å². The molecular formula is C22H23N5O4S. The van der Waals surface area contributed by atoms with Crippen molar-refractivity contribution in [2.45, 2.75) is 4.90 Å². The lowest BCUT2D eigenvalue weighted by atomic mass is 10.2. The van der Waals surface area contributed by atoms with Crippen LogP contribution in [0.25, 0.3) is 17.1 Å². The second-order valence-electron chi connectivity index (χ2n) is 7.30. The van der Waals surface area contributed by atoms with Gasteiger partial charge in [0.2, 0.25) is 21.8 Å². The summed E-state index contributed by atoms with van der Waals surface area (Å²) in [6.07, 6.45) is 6.09. The van der Waals surface area contributed by atoms with Crippen LogP contribution in [0.3, 0.4) is 0 Å². The van der Waals surface area contributed by atoms with Crippen LogP contribution in [0.5, 0.6) is 0 Å². The number of nitrogens with one attached hydrogen (secondary N) is 2. The van der Waals surface area contributed by atoms with Crippen LogP contribution in [0, 0.1) is 0 Å². The molecule has 9 nitrogen and oxygen atoms in total. The van der Waals surface area contributed by atoms with E-state index in [4.69, 9.17) is 0 Å². The topological polar surface area (TPSA) is 115 Å². The molecular weight excluding hydrogens is 430 g/mol. The van der Waals surface area contributed by atoms with Gasteiger partial charge in [-0.3, -0.25) is 9.59 Å². The summed E-state index contributed by atoms with van der Waals surface area (Å²) in [7, 11) is -3.71. The molecule has 2 amide bonds. The van der Waals surface area contributed by atoms with Gasteiger partial charge in [-0.25, -0.2) is 13.4 Å². The number of rotatable bonds is 6. The first-order valence-corrected chi connectivity index (χ1v) is 11.6. The van der Waals surface area contributed by atoms with Gasteiger partial charge in [-0.05, 0) is 23.8 Å². The van der Waals surface area contributed by atoms with Crippen molar-refractivity contribution in [3.05, 3.63) is 66.5 Å². The molecule has 3 heterocycles. The SMILES string of the molecule is O=C(/C=C/c1ccccc1)NCC(=O)N1CCN(S(=O)(=O)c2c[nH]c3ncccc23)CC1. The Bertz CT molecular complexity index is 1250. The minimum atomic E-state index is -3.71.